The van der Waals surface area contributed by atoms with Gasteiger partial charge in [0, 0.05) is 37.1 Å². The first kappa shape index (κ1) is 11.3. The topological polar surface area (TPSA) is 41.1 Å². The zero-order chi connectivity index (χ0) is 11.5. The fraction of sp³-hybridized carbons (Fsp3) is 0.667. The Morgan fingerprint density at radius 2 is 2.38 bits per heavy atom. The molecule has 0 radical (unpaired) electrons. The zero-order valence-corrected chi connectivity index (χ0v) is 10.3. The SMILES string of the molecule is CNCc1cnc(N2CCC(C)C2)nc1C. The maximum absolute atomic E-state index is 4.58. The summed E-state index contributed by atoms with van der Waals surface area (Å²) in [5.74, 6) is 1.66. The summed E-state index contributed by atoms with van der Waals surface area (Å²) in [6.07, 6.45) is 3.19. The molecule has 1 atom stereocenters. The maximum atomic E-state index is 4.58. The van der Waals surface area contributed by atoms with Crippen LogP contribution in [0, 0.1) is 12.8 Å². The molecule has 0 amide bonds. The molecule has 0 bridgehead atoms. The van der Waals surface area contributed by atoms with Gasteiger partial charge in [0.2, 0.25) is 5.95 Å². The quantitative estimate of drug-likeness (QED) is 0.835. The van der Waals surface area contributed by atoms with E-state index in [1.807, 2.05) is 13.2 Å². The van der Waals surface area contributed by atoms with Crippen molar-refractivity contribution in [3.05, 3.63) is 17.5 Å². The Bertz CT molecular complexity index is 364. The van der Waals surface area contributed by atoms with Crippen LogP contribution in [-0.4, -0.2) is 30.1 Å². The van der Waals surface area contributed by atoms with E-state index < -0.39 is 0 Å². The summed E-state index contributed by atoms with van der Waals surface area (Å²) >= 11 is 0. The van der Waals surface area contributed by atoms with Crippen LogP contribution in [0.15, 0.2) is 6.20 Å². The van der Waals surface area contributed by atoms with E-state index in [-0.39, 0.29) is 0 Å². The third kappa shape index (κ3) is 2.32. The number of hydrogen-bond acceptors (Lipinski definition) is 4. The van der Waals surface area contributed by atoms with Crippen LogP contribution >= 0.6 is 0 Å². The third-order valence-corrected chi connectivity index (χ3v) is 3.14. The standard InChI is InChI=1S/C12H20N4/c1-9-4-5-16(8-9)12-14-7-11(6-13-3)10(2)15-12/h7,9,13H,4-6,8H2,1-3H3. The Hall–Kier alpha value is -1.16. The van der Waals surface area contributed by atoms with Gasteiger partial charge in [-0.05, 0) is 26.3 Å². The minimum atomic E-state index is 0.765. The summed E-state index contributed by atoms with van der Waals surface area (Å²) in [5.41, 5.74) is 2.26. The van der Waals surface area contributed by atoms with Crippen molar-refractivity contribution in [2.45, 2.75) is 26.8 Å². The molecule has 4 nitrogen and oxygen atoms in total. The lowest BCUT2D eigenvalue weighted by atomic mass is 10.2. The van der Waals surface area contributed by atoms with Gasteiger partial charge in [-0.1, -0.05) is 6.92 Å². The molecule has 1 aromatic rings. The van der Waals surface area contributed by atoms with Crippen LogP contribution < -0.4 is 10.2 Å². The first-order chi connectivity index (χ1) is 7.70. The number of hydrogen-bond donors (Lipinski definition) is 1. The number of aryl methyl sites for hydroxylation is 1. The summed E-state index contributed by atoms with van der Waals surface area (Å²) in [4.78, 5) is 11.3. The average molecular weight is 220 g/mol. The van der Waals surface area contributed by atoms with Gasteiger partial charge < -0.3 is 10.2 Å². The van der Waals surface area contributed by atoms with E-state index in [0.29, 0.717) is 0 Å². The maximum Gasteiger partial charge on any atom is 0.225 e. The Kier molecular flexibility index (Phi) is 3.39. The van der Waals surface area contributed by atoms with Crippen molar-refractivity contribution in [1.82, 2.24) is 15.3 Å². The van der Waals surface area contributed by atoms with Crippen molar-refractivity contribution >= 4 is 5.95 Å². The lowest BCUT2D eigenvalue weighted by Crippen LogP contribution is -2.22. The molecule has 1 unspecified atom stereocenters. The van der Waals surface area contributed by atoms with Crippen molar-refractivity contribution in [2.24, 2.45) is 5.92 Å². The number of nitrogens with one attached hydrogen (secondary N) is 1. The highest BCUT2D eigenvalue weighted by atomic mass is 15.3. The Balaban J connectivity index is 2.14. The number of anilines is 1. The van der Waals surface area contributed by atoms with Crippen molar-refractivity contribution in [3.63, 3.8) is 0 Å². The fourth-order valence-electron chi connectivity index (χ4n) is 2.11. The van der Waals surface area contributed by atoms with E-state index >= 15 is 0 Å². The van der Waals surface area contributed by atoms with Crippen LogP contribution in [-0.2, 0) is 6.54 Å². The van der Waals surface area contributed by atoms with Crippen molar-refractivity contribution in [1.29, 1.82) is 0 Å². The van der Waals surface area contributed by atoms with E-state index in [1.165, 1.54) is 12.0 Å². The van der Waals surface area contributed by atoms with Gasteiger partial charge in [-0.25, -0.2) is 9.97 Å². The van der Waals surface area contributed by atoms with Gasteiger partial charge in [-0.3, -0.25) is 0 Å². The molecule has 0 spiro atoms. The van der Waals surface area contributed by atoms with Gasteiger partial charge in [-0.15, -0.1) is 0 Å². The van der Waals surface area contributed by atoms with Gasteiger partial charge in [0.15, 0.2) is 0 Å². The summed E-state index contributed by atoms with van der Waals surface area (Å²) in [7, 11) is 1.94. The number of rotatable bonds is 3. The molecule has 4 heteroatoms. The van der Waals surface area contributed by atoms with Crippen LogP contribution in [0.5, 0.6) is 0 Å². The van der Waals surface area contributed by atoms with E-state index in [1.54, 1.807) is 0 Å². The molecule has 0 saturated carbocycles. The highest BCUT2D eigenvalue weighted by Crippen LogP contribution is 2.20. The predicted molar refractivity (Wildman–Crippen MR) is 65.5 cm³/mol. The molecule has 1 fully saturated rings. The van der Waals surface area contributed by atoms with E-state index in [0.717, 1.165) is 37.2 Å². The molecule has 16 heavy (non-hydrogen) atoms. The smallest absolute Gasteiger partial charge is 0.225 e. The summed E-state index contributed by atoms with van der Waals surface area (Å²) in [5, 5.41) is 3.13. The molecule has 2 heterocycles. The second-order valence-electron chi connectivity index (χ2n) is 4.65. The molecule has 1 aliphatic rings. The molecule has 2 rings (SSSR count). The highest BCUT2D eigenvalue weighted by Gasteiger charge is 2.21. The van der Waals surface area contributed by atoms with Gasteiger partial charge in [0.25, 0.3) is 0 Å². The van der Waals surface area contributed by atoms with Gasteiger partial charge in [0.05, 0.1) is 0 Å². The lowest BCUT2D eigenvalue weighted by Gasteiger charge is -2.16. The number of nitrogens with zero attached hydrogens (tertiary/aromatic N) is 3. The second-order valence-corrected chi connectivity index (χ2v) is 4.65. The Morgan fingerprint density at radius 1 is 1.56 bits per heavy atom. The highest BCUT2D eigenvalue weighted by molar-refractivity contribution is 5.34. The minimum absolute atomic E-state index is 0.765. The van der Waals surface area contributed by atoms with Gasteiger partial charge in [0.1, 0.15) is 0 Å². The lowest BCUT2D eigenvalue weighted by molar-refractivity contribution is 0.657. The monoisotopic (exact) mass is 220 g/mol. The average Bonchev–Trinajstić information content (AvgIpc) is 2.68. The zero-order valence-electron chi connectivity index (χ0n) is 10.3. The molecule has 0 aliphatic carbocycles. The molecule has 0 aromatic carbocycles. The molecular weight excluding hydrogens is 200 g/mol. The largest absolute Gasteiger partial charge is 0.341 e. The van der Waals surface area contributed by atoms with Crippen molar-refractivity contribution < 1.29 is 0 Å². The summed E-state index contributed by atoms with van der Waals surface area (Å²) < 4.78 is 0. The number of aromatic nitrogens is 2. The Labute approximate surface area is 97.1 Å². The molecule has 1 N–H and O–H groups in total. The molecule has 88 valence electrons. The summed E-state index contributed by atoms with van der Waals surface area (Å²) in [6.45, 7) is 7.35. The van der Waals surface area contributed by atoms with Gasteiger partial charge >= 0.3 is 0 Å². The van der Waals surface area contributed by atoms with Crippen LogP contribution in [0.4, 0.5) is 5.95 Å². The predicted octanol–water partition coefficient (Wildman–Crippen LogP) is 1.35. The molecule has 1 aliphatic heterocycles. The minimum Gasteiger partial charge on any atom is -0.341 e. The Morgan fingerprint density at radius 3 is 2.94 bits per heavy atom. The normalized spacial score (nSPS) is 20.4. The molecule has 1 aromatic heterocycles. The second kappa shape index (κ2) is 4.78. The first-order valence-electron chi connectivity index (χ1n) is 5.92. The molecular formula is C12H20N4. The van der Waals surface area contributed by atoms with Crippen LogP contribution in [0.1, 0.15) is 24.6 Å². The van der Waals surface area contributed by atoms with Crippen molar-refractivity contribution in [2.75, 3.05) is 25.0 Å². The third-order valence-electron chi connectivity index (χ3n) is 3.14. The fourth-order valence-corrected chi connectivity index (χ4v) is 2.11. The van der Waals surface area contributed by atoms with Gasteiger partial charge in [-0.2, -0.15) is 0 Å². The van der Waals surface area contributed by atoms with Crippen LogP contribution in [0.25, 0.3) is 0 Å². The van der Waals surface area contributed by atoms with Crippen LogP contribution in [0.3, 0.4) is 0 Å². The molecule has 1 saturated heterocycles. The van der Waals surface area contributed by atoms with Crippen molar-refractivity contribution in [3.8, 4) is 0 Å². The van der Waals surface area contributed by atoms with E-state index in [2.05, 4.69) is 34.0 Å². The van der Waals surface area contributed by atoms with E-state index in [9.17, 15) is 0 Å². The van der Waals surface area contributed by atoms with E-state index in [4.69, 9.17) is 0 Å². The van der Waals surface area contributed by atoms with Crippen LogP contribution in [0.2, 0.25) is 0 Å². The summed E-state index contributed by atoms with van der Waals surface area (Å²) in [6, 6.07) is 0. The first-order valence-corrected chi connectivity index (χ1v) is 5.92.